The Morgan fingerprint density at radius 3 is 2.12 bits per heavy atom. The number of thiocarbonyl (C=S) groups is 1. The molecule has 1 amide bonds. The number of methoxy groups -OCH3 is 3. The smallest absolute Gasteiger partial charge is 0.340 e. The highest BCUT2D eigenvalue weighted by Gasteiger charge is 2.45. The summed E-state index contributed by atoms with van der Waals surface area (Å²) >= 11 is 5.64. The first-order chi connectivity index (χ1) is 15.4. The maximum Gasteiger partial charge on any atom is 0.340 e. The van der Waals surface area contributed by atoms with E-state index in [2.05, 4.69) is 10.2 Å². The summed E-state index contributed by atoms with van der Waals surface area (Å²) in [5, 5.41) is 3.61. The van der Waals surface area contributed by atoms with Crippen molar-refractivity contribution in [3.8, 4) is 11.5 Å². The highest BCUT2D eigenvalue weighted by atomic mass is 32.1. The van der Waals surface area contributed by atoms with Crippen LogP contribution in [0.1, 0.15) is 42.5 Å². The Balaban J connectivity index is 1.75. The molecule has 0 aliphatic carbocycles. The molecule has 0 spiro atoms. The third-order valence-electron chi connectivity index (χ3n) is 6.47. The van der Waals surface area contributed by atoms with Crippen LogP contribution >= 0.6 is 12.2 Å². The average Bonchev–Trinajstić information content (AvgIpc) is 2.83. The molecule has 2 aliphatic heterocycles. The van der Waals surface area contributed by atoms with E-state index in [1.807, 2.05) is 4.90 Å². The Morgan fingerprint density at radius 2 is 1.59 bits per heavy atom. The first kappa shape index (κ1) is 24.1. The molecule has 10 heteroatoms. The van der Waals surface area contributed by atoms with Crippen molar-refractivity contribution in [3.05, 3.63) is 17.7 Å². The van der Waals surface area contributed by atoms with Crippen LogP contribution in [0.15, 0.2) is 12.1 Å². The summed E-state index contributed by atoms with van der Waals surface area (Å²) in [5.74, 6) is 0.0931. The lowest BCUT2D eigenvalue weighted by molar-refractivity contribution is -0.134. The zero-order valence-electron chi connectivity index (χ0n) is 18.9. The molecule has 2 fully saturated rings. The van der Waals surface area contributed by atoms with Gasteiger partial charge in [-0.2, -0.15) is 0 Å². The molecule has 1 aromatic rings. The normalized spacial score (nSPS) is 18.5. The molecular formula is C22H32N4O5S. The van der Waals surface area contributed by atoms with Crippen LogP contribution in [0.25, 0.3) is 0 Å². The molecule has 2 aliphatic rings. The fraction of sp³-hybridized carbons (Fsp3) is 0.591. The summed E-state index contributed by atoms with van der Waals surface area (Å²) in [6.07, 6.45) is 4.60. The first-order valence-corrected chi connectivity index (χ1v) is 11.2. The van der Waals surface area contributed by atoms with Crippen molar-refractivity contribution in [3.63, 3.8) is 0 Å². The van der Waals surface area contributed by atoms with Crippen molar-refractivity contribution in [2.45, 2.75) is 37.6 Å². The van der Waals surface area contributed by atoms with E-state index >= 15 is 0 Å². The van der Waals surface area contributed by atoms with Crippen molar-refractivity contribution >= 4 is 34.9 Å². The van der Waals surface area contributed by atoms with Crippen LogP contribution in [-0.4, -0.2) is 79.8 Å². The minimum Gasteiger partial charge on any atom is -0.493 e. The Bertz CT molecular complexity index is 864. The Morgan fingerprint density at radius 1 is 1.00 bits per heavy atom. The number of nitrogens with zero attached hydrogens (tertiary/aromatic N) is 2. The van der Waals surface area contributed by atoms with Crippen molar-refractivity contribution in [2.24, 2.45) is 5.73 Å². The van der Waals surface area contributed by atoms with E-state index in [0.717, 1.165) is 25.9 Å². The van der Waals surface area contributed by atoms with Gasteiger partial charge in [0.1, 0.15) is 5.54 Å². The molecule has 1 aromatic carbocycles. The SMILES string of the molecule is COC(=O)c1cc(OC)c(OC)cc1NC(=S)N1CCC(C(N)=O)(N2CCCCC2)CC1. The maximum atomic E-state index is 12.5. The van der Waals surface area contributed by atoms with Crippen molar-refractivity contribution in [2.75, 3.05) is 52.8 Å². The van der Waals surface area contributed by atoms with E-state index in [0.29, 0.717) is 48.2 Å². The number of carbonyl (C=O) groups is 2. The van der Waals surface area contributed by atoms with Crippen LogP contribution in [0.4, 0.5) is 5.69 Å². The van der Waals surface area contributed by atoms with Gasteiger partial charge >= 0.3 is 5.97 Å². The van der Waals surface area contributed by atoms with E-state index in [-0.39, 0.29) is 11.5 Å². The van der Waals surface area contributed by atoms with Gasteiger partial charge in [-0.1, -0.05) is 6.42 Å². The van der Waals surface area contributed by atoms with Crippen LogP contribution in [0.5, 0.6) is 11.5 Å². The van der Waals surface area contributed by atoms with Gasteiger partial charge in [-0.05, 0) is 51.0 Å². The van der Waals surface area contributed by atoms with Gasteiger partial charge in [0.15, 0.2) is 16.6 Å². The molecule has 0 radical (unpaired) electrons. The number of likely N-dealkylation sites (tertiary alicyclic amines) is 2. The van der Waals surface area contributed by atoms with Crippen molar-refractivity contribution in [1.29, 1.82) is 0 Å². The number of nitrogens with two attached hydrogens (primary N) is 1. The highest BCUT2D eigenvalue weighted by molar-refractivity contribution is 7.80. The molecule has 176 valence electrons. The fourth-order valence-corrected chi connectivity index (χ4v) is 4.87. The molecule has 0 aromatic heterocycles. The Hall–Kier alpha value is -2.59. The number of amides is 1. The van der Waals surface area contributed by atoms with Gasteiger partial charge < -0.3 is 30.2 Å². The number of benzene rings is 1. The van der Waals surface area contributed by atoms with Crippen molar-refractivity contribution in [1.82, 2.24) is 9.80 Å². The molecule has 3 rings (SSSR count). The van der Waals surface area contributed by atoms with Crippen LogP contribution in [0, 0.1) is 0 Å². The van der Waals surface area contributed by atoms with Crippen LogP contribution in [0.2, 0.25) is 0 Å². The minimum atomic E-state index is -0.618. The van der Waals surface area contributed by atoms with Gasteiger partial charge in [-0.25, -0.2) is 4.79 Å². The first-order valence-electron chi connectivity index (χ1n) is 10.8. The second-order valence-electron chi connectivity index (χ2n) is 8.11. The molecule has 0 unspecified atom stereocenters. The topological polar surface area (TPSA) is 106 Å². The highest BCUT2D eigenvalue weighted by Crippen LogP contribution is 2.35. The molecule has 2 saturated heterocycles. The second kappa shape index (κ2) is 10.4. The number of esters is 1. The molecule has 3 N–H and O–H groups in total. The summed E-state index contributed by atoms with van der Waals surface area (Å²) in [6.45, 7) is 2.98. The Labute approximate surface area is 194 Å². The number of anilines is 1. The lowest BCUT2D eigenvalue weighted by atomic mass is 9.83. The molecule has 32 heavy (non-hydrogen) atoms. The number of carbonyl (C=O) groups excluding carboxylic acids is 2. The summed E-state index contributed by atoms with van der Waals surface area (Å²) in [5.41, 5.74) is 6.01. The Kier molecular flexibility index (Phi) is 7.78. The number of hydrogen-bond acceptors (Lipinski definition) is 7. The fourth-order valence-electron chi connectivity index (χ4n) is 4.58. The van der Waals surface area contributed by atoms with E-state index in [9.17, 15) is 9.59 Å². The van der Waals surface area contributed by atoms with Crippen LogP contribution in [-0.2, 0) is 9.53 Å². The van der Waals surface area contributed by atoms with E-state index in [1.165, 1.54) is 27.8 Å². The largest absolute Gasteiger partial charge is 0.493 e. The third-order valence-corrected chi connectivity index (χ3v) is 6.83. The maximum absolute atomic E-state index is 12.5. The molecule has 2 heterocycles. The molecule has 0 saturated carbocycles. The van der Waals surface area contributed by atoms with Crippen LogP contribution in [0.3, 0.4) is 0 Å². The summed E-state index contributed by atoms with van der Waals surface area (Å²) < 4.78 is 15.6. The third kappa shape index (κ3) is 4.75. The number of rotatable bonds is 6. The average molecular weight is 465 g/mol. The van der Waals surface area contributed by atoms with E-state index in [1.54, 1.807) is 12.1 Å². The van der Waals surface area contributed by atoms with E-state index in [4.69, 9.17) is 32.2 Å². The summed E-state index contributed by atoms with van der Waals surface area (Å²) in [7, 11) is 4.33. The number of ether oxygens (including phenoxy) is 3. The molecule has 9 nitrogen and oxygen atoms in total. The molecule has 0 bridgehead atoms. The van der Waals surface area contributed by atoms with Gasteiger partial charge in [0.2, 0.25) is 5.91 Å². The number of primary amides is 1. The second-order valence-corrected chi connectivity index (χ2v) is 8.49. The predicted molar refractivity (Wildman–Crippen MR) is 125 cm³/mol. The lowest BCUT2D eigenvalue weighted by Gasteiger charge is -2.48. The zero-order valence-corrected chi connectivity index (χ0v) is 19.8. The summed E-state index contributed by atoms with van der Waals surface area (Å²) in [6, 6.07) is 3.21. The predicted octanol–water partition coefficient (Wildman–Crippen LogP) is 1.99. The lowest BCUT2D eigenvalue weighted by Crippen LogP contribution is -2.64. The van der Waals surface area contributed by atoms with Crippen LogP contribution < -0.4 is 20.5 Å². The zero-order chi connectivity index (χ0) is 23.3. The minimum absolute atomic E-state index is 0.259. The van der Waals surface area contributed by atoms with Gasteiger partial charge in [0.05, 0.1) is 32.6 Å². The molecule has 0 atom stereocenters. The van der Waals surface area contributed by atoms with Gasteiger partial charge in [0, 0.05) is 25.2 Å². The number of piperidine rings is 2. The monoisotopic (exact) mass is 464 g/mol. The van der Waals surface area contributed by atoms with Gasteiger partial charge in [-0.3, -0.25) is 9.69 Å². The number of hydrogen-bond donors (Lipinski definition) is 2. The number of nitrogens with one attached hydrogen (secondary N) is 1. The molecular weight excluding hydrogens is 432 g/mol. The quantitative estimate of drug-likeness (QED) is 0.483. The van der Waals surface area contributed by atoms with Crippen molar-refractivity contribution < 1.29 is 23.8 Å². The standard InChI is InChI=1S/C22H32N4O5S/c1-29-17-13-15(19(27)31-3)16(14-18(17)30-2)24-21(32)25-11-7-22(8-12-25,20(23)28)26-9-5-4-6-10-26/h13-14H,4-12H2,1-3H3,(H2,23,28)(H,24,32). The van der Waals surface area contributed by atoms with E-state index < -0.39 is 11.5 Å². The summed E-state index contributed by atoms with van der Waals surface area (Å²) in [4.78, 5) is 29.0. The van der Waals surface area contributed by atoms with Gasteiger partial charge in [0.25, 0.3) is 0 Å². The van der Waals surface area contributed by atoms with Gasteiger partial charge in [-0.15, -0.1) is 0 Å².